The molecule has 0 radical (unpaired) electrons. The molecule has 1 unspecified atom stereocenters. The van der Waals surface area contributed by atoms with Gasteiger partial charge in [-0.05, 0) is 17.7 Å². The molecule has 0 aliphatic heterocycles. The summed E-state index contributed by atoms with van der Waals surface area (Å²) in [5.74, 6) is -1.61. The average Bonchev–Trinajstić information content (AvgIpc) is 2.29. The highest BCUT2D eigenvalue weighted by Gasteiger charge is 2.21. The van der Waals surface area contributed by atoms with Crippen LogP contribution < -0.4 is 4.74 Å². The van der Waals surface area contributed by atoms with Gasteiger partial charge in [-0.1, -0.05) is 6.07 Å². The Morgan fingerprint density at radius 2 is 2.29 bits per heavy atom. The molecule has 4 nitrogen and oxygen atoms in total. The number of carbonyl (C=O) groups is 1. The zero-order valence-electron chi connectivity index (χ0n) is 9.15. The first-order valence-electron chi connectivity index (χ1n) is 4.84. The van der Waals surface area contributed by atoms with E-state index in [9.17, 15) is 9.18 Å². The largest absolute Gasteiger partial charge is 0.494 e. The Morgan fingerprint density at radius 1 is 1.59 bits per heavy atom. The lowest BCUT2D eigenvalue weighted by Gasteiger charge is -2.14. The van der Waals surface area contributed by atoms with Gasteiger partial charge in [-0.3, -0.25) is 0 Å². The van der Waals surface area contributed by atoms with Crippen LogP contribution in [0.15, 0.2) is 18.2 Å². The second-order valence-corrected chi connectivity index (χ2v) is 3.55. The van der Waals surface area contributed by atoms with Crippen molar-refractivity contribution in [3.05, 3.63) is 29.6 Å². The van der Waals surface area contributed by atoms with Gasteiger partial charge >= 0.3 is 5.97 Å². The molecule has 1 rings (SSSR count). The third-order valence-electron chi connectivity index (χ3n) is 2.06. The van der Waals surface area contributed by atoms with Crippen molar-refractivity contribution in [2.24, 2.45) is 0 Å². The van der Waals surface area contributed by atoms with E-state index < -0.39 is 17.9 Å². The van der Waals surface area contributed by atoms with E-state index >= 15 is 0 Å². The Hall–Kier alpha value is -1.33. The molecule has 1 N–H and O–H groups in total. The van der Waals surface area contributed by atoms with Gasteiger partial charge in [0.1, 0.15) is 0 Å². The fourth-order valence-corrected chi connectivity index (χ4v) is 1.41. The SMILES string of the molecule is COc1ccc(C(OCCCl)C(=O)O)cc1F. The van der Waals surface area contributed by atoms with Crippen LogP contribution in [-0.4, -0.2) is 30.7 Å². The number of hydrogen-bond donors (Lipinski definition) is 1. The minimum atomic E-state index is -1.23. The number of benzene rings is 1. The maximum absolute atomic E-state index is 13.4. The highest BCUT2D eigenvalue weighted by Crippen LogP contribution is 2.24. The number of ether oxygens (including phenoxy) is 2. The molecule has 1 aromatic carbocycles. The summed E-state index contributed by atoms with van der Waals surface area (Å²) in [5.41, 5.74) is 0.209. The second-order valence-electron chi connectivity index (χ2n) is 3.17. The van der Waals surface area contributed by atoms with Crippen LogP contribution in [0.5, 0.6) is 5.75 Å². The molecular weight excluding hydrogens is 251 g/mol. The van der Waals surface area contributed by atoms with Gasteiger partial charge in [-0.25, -0.2) is 9.18 Å². The minimum Gasteiger partial charge on any atom is -0.494 e. The number of halogens is 2. The summed E-state index contributed by atoms with van der Waals surface area (Å²) in [5, 5.41) is 8.95. The molecule has 1 aromatic rings. The molecule has 6 heteroatoms. The highest BCUT2D eigenvalue weighted by atomic mass is 35.5. The first-order valence-corrected chi connectivity index (χ1v) is 5.37. The van der Waals surface area contributed by atoms with Gasteiger partial charge in [0.25, 0.3) is 0 Å². The van der Waals surface area contributed by atoms with Gasteiger partial charge in [0.2, 0.25) is 0 Å². The predicted octanol–water partition coefficient (Wildman–Crippen LogP) is 2.22. The maximum Gasteiger partial charge on any atom is 0.337 e. The van der Waals surface area contributed by atoms with E-state index in [2.05, 4.69) is 0 Å². The molecule has 0 heterocycles. The monoisotopic (exact) mass is 262 g/mol. The molecule has 0 aliphatic carbocycles. The van der Waals surface area contributed by atoms with Gasteiger partial charge in [-0.15, -0.1) is 11.6 Å². The quantitative estimate of drug-likeness (QED) is 0.799. The lowest BCUT2D eigenvalue weighted by Crippen LogP contribution is -2.16. The van der Waals surface area contributed by atoms with Crippen molar-refractivity contribution >= 4 is 17.6 Å². The van der Waals surface area contributed by atoms with Crippen molar-refractivity contribution in [2.45, 2.75) is 6.10 Å². The smallest absolute Gasteiger partial charge is 0.337 e. The van der Waals surface area contributed by atoms with E-state index in [0.717, 1.165) is 6.07 Å². The normalized spacial score (nSPS) is 12.2. The zero-order valence-corrected chi connectivity index (χ0v) is 9.91. The van der Waals surface area contributed by atoms with E-state index in [-0.39, 0.29) is 23.8 Å². The van der Waals surface area contributed by atoms with Crippen molar-refractivity contribution < 1.29 is 23.8 Å². The summed E-state index contributed by atoms with van der Waals surface area (Å²) in [6.07, 6.45) is -1.23. The van der Waals surface area contributed by atoms with Crippen LogP contribution >= 0.6 is 11.6 Å². The predicted molar refractivity (Wildman–Crippen MR) is 60.0 cm³/mol. The van der Waals surface area contributed by atoms with Crippen LogP contribution in [0.3, 0.4) is 0 Å². The van der Waals surface area contributed by atoms with Gasteiger partial charge in [-0.2, -0.15) is 0 Å². The maximum atomic E-state index is 13.4. The number of aliphatic carboxylic acids is 1. The van der Waals surface area contributed by atoms with Crippen molar-refractivity contribution in [3.63, 3.8) is 0 Å². The lowest BCUT2D eigenvalue weighted by atomic mass is 10.1. The van der Waals surface area contributed by atoms with Crippen LogP contribution in [0.25, 0.3) is 0 Å². The Kier molecular flexibility index (Phi) is 5.18. The molecule has 0 saturated heterocycles. The van der Waals surface area contributed by atoms with Crippen LogP contribution in [-0.2, 0) is 9.53 Å². The van der Waals surface area contributed by atoms with Gasteiger partial charge in [0.15, 0.2) is 17.7 Å². The number of hydrogen-bond acceptors (Lipinski definition) is 3. The number of carboxylic acid groups (broad SMARTS) is 1. The van der Waals surface area contributed by atoms with Crippen LogP contribution in [0, 0.1) is 5.82 Å². The lowest BCUT2D eigenvalue weighted by molar-refractivity contribution is -0.150. The molecule has 0 aromatic heterocycles. The zero-order chi connectivity index (χ0) is 12.8. The molecular formula is C11H12ClFO4. The molecule has 0 aliphatic rings. The third kappa shape index (κ3) is 3.57. The van der Waals surface area contributed by atoms with Gasteiger partial charge < -0.3 is 14.6 Å². The summed E-state index contributed by atoms with van der Waals surface area (Å²) >= 11 is 5.40. The highest BCUT2D eigenvalue weighted by molar-refractivity contribution is 6.17. The van der Waals surface area contributed by atoms with Crippen molar-refractivity contribution in [1.82, 2.24) is 0 Å². The van der Waals surface area contributed by atoms with E-state index in [1.54, 1.807) is 0 Å². The van der Waals surface area contributed by atoms with E-state index in [4.69, 9.17) is 26.2 Å². The molecule has 0 fully saturated rings. The van der Waals surface area contributed by atoms with Gasteiger partial charge in [0, 0.05) is 5.88 Å². The topological polar surface area (TPSA) is 55.8 Å². The molecule has 17 heavy (non-hydrogen) atoms. The molecule has 0 saturated carbocycles. The Balaban J connectivity index is 2.94. The number of methoxy groups -OCH3 is 1. The summed E-state index contributed by atoms with van der Waals surface area (Å²) in [7, 11) is 1.33. The summed E-state index contributed by atoms with van der Waals surface area (Å²) < 4.78 is 23.2. The fourth-order valence-electron chi connectivity index (χ4n) is 1.32. The first kappa shape index (κ1) is 13.7. The Morgan fingerprint density at radius 3 is 2.76 bits per heavy atom. The number of alkyl halides is 1. The fraction of sp³-hybridized carbons (Fsp3) is 0.364. The van der Waals surface area contributed by atoms with Crippen molar-refractivity contribution in [3.8, 4) is 5.75 Å². The van der Waals surface area contributed by atoms with E-state index in [1.165, 1.54) is 19.2 Å². The van der Waals surface area contributed by atoms with Crippen LogP contribution in [0.1, 0.15) is 11.7 Å². The Bertz CT molecular complexity index is 397. The number of rotatable bonds is 6. The standard InChI is InChI=1S/C11H12ClFO4/c1-16-9-3-2-7(6-8(9)13)10(11(14)15)17-5-4-12/h2-3,6,10H,4-5H2,1H3,(H,14,15). The number of carboxylic acids is 1. The van der Waals surface area contributed by atoms with Crippen LogP contribution in [0.2, 0.25) is 0 Å². The third-order valence-corrected chi connectivity index (χ3v) is 2.22. The summed E-state index contributed by atoms with van der Waals surface area (Å²) in [6, 6.07) is 3.87. The van der Waals surface area contributed by atoms with E-state index in [0.29, 0.717) is 0 Å². The second kappa shape index (κ2) is 6.42. The average molecular weight is 263 g/mol. The molecule has 0 bridgehead atoms. The van der Waals surface area contributed by atoms with Crippen LogP contribution in [0.4, 0.5) is 4.39 Å². The first-order chi connectivity index (χ1) is 8.10. The van der Waals surface area contributed by atoms with E-state index in [1.807, 2.05) is 0 Å². The molecule has 0 amide bonds. The molecule has 94 valence electrons. The summed E-state index contributed by atoms with van der Waals surface area (Å²) in [4.78, 5) is 10.9. The van der Waals surface area contributed by atoms with Crippen molar-refractivity contribution in [1.29, 1.82) is 0 Å². The Labute approximate surface area is 103 Å². The molecule has 0 spiro atoms. The minimum absolute atomic E-state index is 0.0511. The summed E-state index contributed by atoms with van der Waals surface area (Å²) in [6.45, 7) is 0.0756. The van der Waals surface area contributed by atoms with Gasteiger partial charge in [0.05, 0.1) is 13.7 Å². The molecule has 1 atom stereocenters. The van der Waals surface area contributed by atoms with Crippen molar-refractivity contribution in [2.75, 3.05) is 19.6 Å².